The number of rotatable bonds is 5. The maximum Gasteiger partial charge on any atom is 0.135 e. The molecule has 0 aromatic carbocycles. The Morgan fingerprint density at radius 2 is 2.18 bits per heavy atom. The Bertz CT molecular complexity index is 157. The van der Waals surface area contributed by atoms with E-state index in [4.69, 9.17) is 5.26 Å². The lowest BCUT2D eigenvalue weighted by Crippen LogP contribution is -2.11. The van der Waals surface area contributed by atoms with Gasteiger partial charge in [-0.2, -0.15) is 5.26 Å². The lowest BCUT2D eigenvalue weighted by molar-refractivity contribution is -0.122. The van der Waals surface area contributed by atoms with Gasteiger partial charge in [0.2, 0.25) is 0 Å². The molecule has 0 aromatic rings. The Labute approximate surface area is 68.2 Å². The monoisotopic (exact) mass is 153 g/mol. The summed E-state index contributed by atoms with van der Waals surface area (Å²) in [4.78, 5) is 11.1. The molecule has 0 saturated carbocycles. The van der Waals surface area contributed by atoms with Crippen LogP contribution in [0.4, 0.5) is 0 Å². The molecule has 0 aromatic heterocycles. The average Bonchev–Trinajstić information content (AvgIpc) is 2.05. The Balaban J connectivity index is 3.77. The van der Waals surface area contributed by atoms with Crippen molar-refractivity contribution >= 4 is 5.78 Å². The van der Waals surface area contributed by atoms with E-state index in [1.54, 1.807) is 0 Å². The normalized spacial score (nSPS) is 12.1. The summed E-state index contributed by atoms with van der Waals surface area (Å²) in [5.41, 5.74) is 0. The molecule has 0 rings (SSSR count). The number of carbonyl (C=O) groups excluding carboxylic acids is 1. The SMILES string of the molecule is CCC(=O)C(CC)CCC#N. The molecule has 0 aliphatic rings. The Hall–Kier alpha value is -0.840. The van der Waals surface area contributed by atoms with E-state index in [1.807, 2.05) is 13.8 Å². The summed E-state index contributed by atoms with van der Waals surface area (Å²) >= 11 is 0. The van der Waals surface area contributed by atoms with Crippen LogP contribution in [-0.4, -0.2) is 5.78 Å². The first-order valence-electron chi connectivity index (χ1n) is 4.15. The molecule has 11 heavy (non-hydrogen) atoms. The van der Waals surface area contributed by atoms with Crippen LogP contribution in [0.3, 0.4) is 0 Å². The van der Waals surface area contributed by atoms with Gasteiger partial charge in [-0.15, -0.1) is 0 Å². The molecule has 2 heteroatoms. The fourth-order valence-corrected chi connectivity index (χ4v) is 1.12. The molecule has 0 aliphatic carbocycles. The Morgan fingerprint density at radius 1 is 1.55 bits per heavy atom. The van der Waals surface area contributed by atoms with Gasteiger partial charge in [-0.1, -0.05) is 13.8 Å². The number of hydrogen-bond donors (Lipinski definition) is 0. The largest absolute Gasteiger partial charge is 0.299 e. The van der Waals surface area contributed by atoms with Crippen LogP contribution in [0.2, 0.25) is 0 Å². The van der Waals surface area contributed by atoms with Gasteiger partial charge in [0.05, 0.1) is 6.07 Å². The Kier molecular flexibility index (Phi) is 5.46. The van der Waals surface area contributed by atoms with Gasteiger partial charge in [-0.05, 0) is 12.8 Å². The fraction of sp³-hybridized carbons (Fsp3) is 0.778. The van der Waals surface area contributed by atoms with Gasteiger partial charge in [0, 0.05) is 18.8 Å². The summed E-state index contributed by atoms with van der Waals surface area (Å²) in [5, 5.41) is 8.30. The van der Waals surface area contributed by atoms with Crippen molar-refractivity contribution < 1.29 is 4.79 Å². The van der Waals surface area contributed by atoms with Crippen LogP contribution in [0.15, 0.2) is 0 Å². The zero-order chi connectivity index (χ0) is 8.69. The van der Waals surface area contributed by atoms with Crippen LogP contribution in [0, 0.1) is 17.2 Å². The summed E-state index contributed by atoms with van der Waals surface area (Å²) < 4.78 is 0. The highest BCUT2D eigenvalue weighted by Crippen LogP contribution is 2.13. The summed E-state index contributed by atoms with van der Waals surface area (Å²) in [7, 11) is 0. The van der Waals surface area contributed by atoms with Gasteiger partial charge in [0.15, 0.2) is 0 Å². The second-order valence-corrected chi connectivity index (χ2v) is 2.62. The molecule has 0 fully saturated rings. The lowest BCUT2D eigenvalue weighted by atomic mass is 9.94. The first-order chi connectivity index (χ1) is 5.26. The zero-order valence-electron chi connectivity index (χ0n) is 7.26. The molecule has 1 atom stereocenters. The van der Waals surface area contributed by atoms with Gasteiger partial charge in [-0.3, -0.25) is 4.79 Å². The molecular formula is C9H15NO. The van der Waals surface area contributed by atoms with Gasteiger partial charge in [-0.25, -0.2) is 0 Å². The predicted octanol–water partition coefficient (Wildman–Crippen LogP) is 2.30. The van der Waals surface area contributed by atoms with Crippen LogP contribution in [0.25, 0.3) is 0 Å². The highest BCUT2D eigenvalue weighted by Gasteiger charge is 2.12. The standard InChI is InChI=1S/C9H15NO/c1-3-8(6-5-7-10)9(11)4-2/h8H,3-6H2,1-2H3. The van der Waals surface area contributed by atoms with Gasteiger partial charge in [0.1, 0.15) is 5.78 Å². The van der Waals surface area contributed by atoms with E-state index >= 15 is 0 Å². The van der Waals surface area contributed by atoms with Crippen molar-refractivity contribution in [1.82, 2.24) is 0 Å². The summed E-state index contributed by atoms with van der Waals surface area (Å²) in [6.45, 7) is 3.87. The van der Waals surface area contributed by atoms with Crippen LogP contribution in [0.1, 0.15) is 39.5 Å². The quantitative estimate of drug-likeness (QED) is 0.608. The van der Waals surface area contributed by atoms with Crippen molar-refractivity contribution in [2.75, 3.05) is 0 Å². The number of nitrogens with zero attached hydrogens (tertiary/aromatic N) is 1. The van der Waals surface area contributed by atoms with Gasteiger partial charge < -0.3 is 0 Å². The van der Waals surface area contributed by atoms with E-state index in [-0.39, 0.29) is 5.92 Å². The molecule has 0 aliphatic heterocycles. The third-order valence-electron chi connectivity index (χ3n) is 1.90. The van der Waals surface area contributed by atoms with E-state index in [1.165, 1.54) is 0 Å². The number of carbonyl (C=O) groups is 1. The van der Waals surface area contributed by atoms with E-state index < -0.39 is 0 Å². The molecule has 1 unspecified atom stereocenters. The topological polar surface area (TPSA) is 40.9 Å². The number of nitriles is 1. The van der Waals surface area contributed by atoms with Crippen LogP contribution < -0.4 is 0 Å². The summed E-state index contributed by atoms with van der Waals surface area (Å²) in [6, 6.07) is 2.06. The minimum Gasteiger partial charge on any atom is -0.299 e. The van der Waals surface area contributed by atoms with Crippen LogP contribution >= 0.6 is 0 Å². The minimum absolute atomic E-state index is 0.125. The van der Waals surface area contributed by atoms with Crippen molar-refractivity contribution in [3.8, 4) is 6.07 Å². The van der Waals surface area contributed by atoms with Crippen molar-refractivity contribution in [1.29, 1.82) is 5.26 Å². The van der Waals surface area contributed by atoms with E-state index in [0.717, 1.165) is 12.8 Å². The average molecular weight is 153 g/mol. The first kappa shape index (κ1) is 10.2. The molecule has 0 saturated heterocycles. The smallest absolute Gasteiger partial charge is 0.135 e. The number of ketones is 1. The second kappa shape index (κ2) is 5.91. The maximum absolute atomic E-state index is 11.1. The molecule has 62 valence electrons. The van der Waals surface area contributed by atoms with E-state index in [0.29, 0.717) is 18.6 Å². The third kappa shape index (κ3) is 3.77. The first-order valence-corrected chi connectivity index (χ1v) is 4.15. The van der Waals surface area contributed by atoms with Crippen molar-refractivity contribution in [2.45, 2.75) is 39.5 Å². The van der Waals surface area contributed by atoms with E-state index in [9.17, 15) is 4.79 Å². The van der Waals surface area contributed by atoms with Gasteiger partial charge >= 0.3 is 0 Å². The molecule has 0 N–H and O–H groups in total. The lowest BCUT2D eigenvalue weighted by Gasteiger charge is -2.08. The molecule has 2 nitrogen and oxygen atoms in total. The molecule has 0 radical (unpaired) electrons. The maximum atomic E-state index is 11.1. The number of hydrogen-bond acceptors (Lipinski definition) is 2. The predicted molar refractivity (Wildman–Crippen MR) is 43.9 cm³/mol. The van der Waals surface area contributed by atoms with Crippen LogP contribution in [-0.2, 0) is 4.79 Å². The molecular weight excluding hydrogens is 138 g/mol. The highest BCUT2D eigenvalue weighted by atomic mass is 16.1. The zero-order valence-corrected chi connectivity index (χ0v) is 7.26. The third-order valence-corrected chi connectivity index (χ3v) is 1.90. The van der Waals surface area contributed by atoms with Gasteiger partial charge in [0.25, 0.3) is 0 Å². The van der Waals surface area contributed by atoms with Crippen LogP contribution in [0.5, 0.6) is 0 Å². The van der Waals surface area contributed by atoms with E-state index in [2.05, 4.69) is 6.07 Å². The van der Waals surface area contributed by atoms with Crippen molar-refractivity contribution in [3.05, 3.63) is 0 Å². The molecule has 0 bridgehead atoms. The summed E-state index contributed by atoms with van der Waals surface area (Å²) in [5.74, 6) is 0.419. The summed E-state index contributed by atoms with van der Waals surface area (Å²) in [6.07, 6.45) is 2.71. The minimum atomic E-state index is 0.125. The highest BCUT2D eigenvalue weighted by molar-refractivity contribution is 5.80. The molecule has 0 amide bonds. The van der Waals surface area contributed by atoms with Crippen molar-refractivity contribution in [2.24, 2.45) is 5.92 Å². The fourth-order valence-electron chi connectivity index (χ4n) is 1.12. The van der Waals surface area contributed by atoms with Crippen molar-refractivity contribution in [3.63, 3.8) is 0 Å². The second-order valence-electron chi connectivity index (χ2n) is 2.62. The Morgan fingerprint density at radius 3 is 2.55 bits per heavy atom. The molecule has 0 spiro atoms. The number of Topliss-reactive ketones (excluding diaryl/α,β-unsaturated/α-hetero) is 1. The molecule has 0 heterocycles.